The fraction of sp³-hybridized carbons (Fsp3) is 0.636. The Morgan fingerprint density at radius 2 is 2.19 bits per heavy atom. The van der Waals surface area contributed by atoms with E-state index in [4.69, 9.17) is 5.73 Å². The van der Waals surface area contributed by atoms with Crippen molar-refractivity contribution in [2.45, 2.75) is 39.8 Å². The normalized spacial score (nSPS) is 12.6. The third kappa shape index (κ3) is 2.61. The van der Waals surface area contributed by atoms with E-state index in [0.717, 1.165) is 17.0 Å². The van der Waals surface area contributed by atoms with Gasteiger partial charge in [-0.3, -0.25) is 9.48 Å². The first-order valence-corrected chi connectivity index (χ1v) is 5.49. The second kappa shape index (κ2) is 5.12. The highest BCUT2D eigenvalue weighted by Gasteiger charge is 2.13. The molecule has 0 unspecified atom stereocenters. The lowest BCUT2D eigenvalue weighted by Crippen LogP contribution is -2.39. The van der Waals surface area contributed by atoms with Crippen molar-refractivity contribution in [1.29, 1.82) is 0 Å². The fourth-order valence-electron chi connectivity index (χ4n) is 1.57. The molecule has 1 atom stereocenters. The average Bonchev–Trinajstić information content (AvgIpc) is 2.49. The first-order valence-electron chi connectivity index (χ1n) is 5.49. The Morgan fingerprint density at radius 1 is 1.56 bits per heavy atom. The standard InChI is InChI=1S/C11H20N4O/c1-5-10(12)11(16)13-6-9-7(2)14-15(4)8(9)3/h10H,5-6,12H2,1-4H3,(H,13,16)/t10-/m1/s1. The summed E-state index contributed by atoms with van der Waals surface area (Å²) >= 11 is 0. The van der Waals surface area contributed by atoms with Crippen LogP contribution in [-0.2, 0) is 18.4 Å². The fourth-order valence-corrected chi connectivity index (χ4v) is 1.57. The molecule has 5 nitrogen and oxygen atoms in total. The van der Waals surface area contributed by atoms with Gasteiger partial charge in [0.25, 0.3) is 0 Å². The first kappa shape index (κ1) is 12.7. The number of rotatable bonds is 4. The lowest BCUT2D eigenvalue weighted by molar-refractivity contribution is -0.122. The number of aryl methyl sites for hydroxylation is 2. The van der Waals surface area contributed by atoms with Gasteiger partial charge in [0.1, 0.15) is 0 Å². The molecule has 0 saturated carbocycles. The van der Waals surface area contributed by atoms with Crippen LogP contribution in [0, 0.1) is 13.8 Å². The van der Waals surface area contributed by atoms with Gasteiger partial charge in [-0.15, -0.1) is 0 Å². The zero-order valence-electron chi connectivity index (χ0n) is 10.4. The second-order valence-corrected chi connectivity index (χ2v) is 4.01. The van der Waals surface area contributed by atoms with Gasteiger partial charge in [-0.25, -0.2) is 0 Å². The lowest BCUT2D eigenvalue weighted by Gasteiger charge is -2.10. The monoisotopic (exact) mass is 224 g/mol. The summed E-state index contributed by atoms with van der Waals surface area (Å²) in [5, 5.41) is 7.12. The molecule has 1 aromatic heterocycles. The van der Waals surface area contributed by atoms with Crippen LogP contribution >= 0.6 is 0 Å². The van der Waals surface area contributed by atoms with Gasteiger partial charge in [0, 0.05) is 24.8 Å². The number of aromatic nitrogens is 2. The maximum absolute atomic E-state index is 11.5. The van der Waals surface area contributed by atoms with Crippen LogP contribution in [0.15, 0.2) is 0 Å². The summed E-state index contributed by atoms with van der Waals surface area (Å²) in [6.45, 7) is 6.32. The minimum absolute atomic E-state index is 0.106. The molecule has 16 heavy (non-hydrogen) atoms. The van der Waals surface area contributed by atoms with Crippen molar-refractivity contribution >= 4 is 5.91 Å². The minimum Gasteiger partial charge on any atom is -0.351 e. The summed E-state index contributed by atoms with van der Waals surface area (Å²) in [6.07, 6.45) is 0.650. The van der Waals surface area contributed by atoms with E-state index in [0.29, 0.717) is 13.0 Å². The number of nitrogens with two attached hydrogens (primary N) is 1. The van der Waals surface area contributed by atoms with E-state index >= 15 is 0 Å². The smallest absolute Gasteiger partial charge is 0.237 e. The summed E-state index contributed by atoms with van der Waals surface area (Å²) in [7, 11) is 1.89. The summed E-state index contributed by atoms with van der Waals surface area (Å²) in [5.41, 5.74) is 8.72. The van der Waals surface area contributed by atoms with E-state index in [-0.39, 0.29) is 5.91 Å². The maximum Gasteiger partial charge on any atom is 0.237 e. The molecule has 1 heterocycles. The van der Waals surface area contributed by atoms with Crippen LogP contribution in [0.5, 0.6) is 0 Å². The van der Waals surface area contributed by atoms with Gasteiger partial charge in [0.2, 0.25) is 5.91 Å². The third-order valence-electron chi connectivity index (χ3n) is 2.87. The second-order valence-electron chi connectivity index (χ2n) is 4.01. The van der Waals surface area contributed by atoms with E-state index in [9.17, 15) is 4.79 Å². The number of hydrogen-bond acceptors (Lipinski definition) is 3. The molecule has 1 rings (SSSR count). The van der Waals surface area contributed by atoms with Crippen molar-refractivity contribution in [3.05, 3.63) is 17.0 Å². The number of hydrogen-bond donors (Lipinski definition) is 2. The quantitative estimate of drug-likeness (QED) is 0.777. The van der Waals surface area contributed by atoms with E-state index in [1.165, 1.54) is 0 Å². The lowest BCUT2D eigenvalue weighted by atomic mass is 10.2. The van der Waals surface area contributed by atoms with Crippen LogP contribution in [-0.4, -0.2) is 21.7 Å². The molecule has 0 fully saturated rings. The van der Waals surface area contributed by atoms with Gasteiger partial charge in [0.15, 0.2) is 0 Å². The van der Waals surface area contributed by atoms with Crippen LogP contribution in [0.3, 0.4) is 0 Å². The zero-order valence-corrected chi connectivity index (χ0v) is 10.4. The van der Waals surface area contributed by atoms with Gasteiger partial charge < -0.3 is 11.1 Å². The van der Waals surface area contributed by atoms with E-state index in [1.807, 2.05) is 32.5 Å². The molecular formula is C11H20N4O. The maximum atomic E-state index is 11.5. The van der Waals surface area contributed by atoms with Crippen molar-refractivity contribution in [2.75, 3.05) is 0 Å². The highest BCUT2D eigenvalue weighted by Crippen LogP contribution is 2.11. The van der Waals surface area contributed by atoms with Crippen molar-refractivity contribution in [3.63, 3.8) is 0 Å². The van der Waals surface area contributed by atoms with Crippen molar-refractivity contribution in [3.8, 4) is 0 Å². The molecule has 0 saturated heterocycles. The molecule has 3 N–H and O–H groups in total. The highest BCUT2D eigenvalue weighted by atomic mass is 16.2. The Bertz CT molecular complexity index is 384. The molecule has 0 aliphatic carbocycles. The Labute approximate surface area is 96.0 Å². The Kier molecular flexibility index (Phi) is 4.06. The molecule has 0 aromatic carbocycles. The summed E-state index contributed by atoms with van der Waals surface area (Å²) in [4.78, 5) is 11.5. The molecule has 5 heteroatoms. The number of nitrogens with one attached hydrogen (secondary N) is 1. The van der Waals surface area contributed by atoms with Gasteiger partial charge in [-0.1, -0.05) is 6.92 Å². The largest absolute Gasteiger partial charge is 0.351 e. The molecule has 0 radical (unpaired) electrons. The topological polar surface area (TPSA) is 72.9 Å². The van der Waals surface area contributed by atoms with Crippen LogP contribution in [0.25, 0.3) is 0 Å². The number of amides is 1. The van der Waals surface area contributed by atoms with Gasteiger partial charge in [-0.2, -0.15) is 5.10 Å². The highest BCUT2D eigenvalue weighted by molar-refractivity contribution is 5.81. The predicted octanol–water partition coefficient (Wildman–Crippen LogP) is 0.390. The summed E-state index contributed by atoms with van der Waals surface area (Å²) in [6, 6.07) is -0.419. The molecule has 90 valence electrons. The first-order chi connectivity index (χ1) is 7.47. The molecule has 1 aromatic rings. The third-order valence-corrected chi connectivity index (χ3v) is 2.87. The van der Waals surface area contributed by atoms with Gasteiger partial charge in [0.05, 0.1) is 11.7 Å². The summed E-state index contributed by atoms with van der Waals surface area (Å²) in [5.74, 6) is -0.106. The van der Waals surface area contributed by atoms with E-state index in [2.05, 4.69) is 10.4 Å². The molecule has 0 aliphatic rings. The van der Waals surface area contributed by atoms with Crippen LogP contribution in [0.1, 0.15) is 30.3 Å². The average molecular weight is 224 g/mol. The van der Waals surface area contributed by atoms with Gasteiger partial charge in [-0.05, 0) is 20.3 Å². The molecule has 0 aliphatic heterocycles. The Balaban J connectivity index is 2.65. The van der Waals surface area contributed by atoms with Crippen LogP contribution in [0.4, 0.5) is 0 Å². The SMILES string of the molecule is CC[C@@H](N)C(=O)NCc1c(C)nn(C)c1C. The van der Waals surface area contributed by atoms with Gasteiger partial charge >= 0.3 is 0 Å². The number of nitrogens with zero attached hydrogens (tertiary/aromatic N) is 2. The number of carbonyl (C=O) groups is 1. The predicted molar refractivity (Wildman–Crippen MR) is 62.8 cm³/mol. The molecule has 0 spiro atoms. The van der Waals surface area contributed by atoms with Crippen molar-refractivity contribution in [1.82, 2.24) is 15.1 Å². The Hall–Kier alpha value is -1.36. The van der Waals surface area contributed by atoms with E-state index in [1.54, 1.807) is 0 Å². The summed E-state index contributed by atoms with van der Waals surface area (Å²) < 4.78 is 1.82. The molecular weight excluding hydrogens is 204 g/mol. The minimum atomic E-state index is -0.419. The number of carbonyl (C=O) groups excluding carboxylic acids is 1. The van der Waals surface area contributed by atoms with Crippen molar-refractivity contribution < 1.29 is 4.79 Å². The van der Waals surface area contributed by atoms with E-state index < -0.39 is 6.04 Å². The van der Waals surface area contributed by atoms with Crippen LogP contribution < -0.4 is 11.1 Å². The van der Waals surface area contributed by atoms with Crippen LogP contribution in [0.2, 0.25) is 0 Å². The Morgan fingerprint density at radius 3 is 2.62 bits per heavy atom. The molecule has 0 bridgehead atoms. The molecule has 1 amide bonds. The van der Waals surface area contributed by atoms with Crippen molar-refractivity contribution in [2.24, 2.45) is 12.8 Å². The zero-order chi connectivity index (χ0) is 12.3.